The number of ether oxygens (including phenoxy) is 1. The van der Waals surface area contributed by atoms with Crippen molar-refractivity contribution in [2.75, 3.05) is 23.9 Å². The number of benzene rings is 1. The summed E-state index contributed by atoms with van der Waals surface area (Å²) in [6, 6.07) is 10.4. The molecule has 2 amide bonds. The van der Waals surface area contributed by atoms with Crippen LogP contribution in [0.25, 0.3) is 0 Å². The summed E-state index contributed by atoms with van der Waals surface area (Å²) in [4.78, 5) is 23.9. The second-order valence-electron chi connectivity index (χ2n) is 6.09. The van der Waals surface area contributed by atoms with Crippen LogP contribution in [-0.2, 0) is 26.8 Å². The van der Waals surface area contributed by atoms with E-state index in [9.17, 15) is 13.8 Å². The zero-order valence-corrected chi connectivity index (χ0v) is 16.2. The van der Waals surface area contributed by atoms with Crippen LogP contribution in [0.2, 0.25) is 0 Å². The first kappa shape index (κ1) is 20.7. The lowest BCUT2D eigenvalue weighted by Gasteiger charge is -2.13. The molecular weight excluding hydrogens is 368 g/mol. The van der Waals surface area contributed by atoms with Gasteiger partial charge in [-0.1, -0.05) is 0 Å². The fraction of sp³-hybridized carbons (Fsp3) is 0.368. The highest BCUT2D eigenvalue weighted by atomic mass is 32.2. The molecular formula is C19H24N2O5S. The molecule has 7 nitrogen and oxygen atoms in total. The molecule has 0 spiro atoms. The topological polar surface area (TPSA) is 97.6 Å². The summed E-state index contributed by atoms with van der Waals surface area (Å²) in [6.07, 6.45) is 3.03. The molecule has 27 heavy (non-hydrogen) atoms. The number of hydrogen-bond acceptors (Lipinski definition) is 5. The Bertz CT molecular complexity index is 759. The summed E-state index contributed by atoms with van der Waals surface area (Å²) < 4.78 is 22.3. The lowest BCUT2D eigenvalue weighted by atomic mass is 10.1. The van der Waals surface area contributed by atoms with Crippen molar-refractivity contribution in [2.45, 2.75) is 25.8 Å². The number of rotatable bonds is 10. The van der Waals surface area contributed by atoms with Crippen LogP contribution < -0.4 is 15.4 Å². The van der Waals surface area contributed by atoms with E-state index in [1.54, 1.807) is 37.6 Å². The average Bonchev–Trinajstić information content (AvgIpc) is 3.13. The third kappa shape index (κ3) is 7.65. The molecule has 0 saturated carbocycles. The van der Waals surface area contributed by atoms with Gasteiger partial charge in [-0.15, -0.1) is 0 Å². The van der Waals surface area contributed by atoms with Crippen molar-refractivity contribution < 1.29 is 23.0 Å². The van der Waals surface area contributed by atoms with Gasteiger partial charge in [0.25, 0.3) is 0 Å². The Kier molecular flexibility index (Phi) is 8.06. The van der Waals surface area contributed by atoms with Crippen LogP contribution in [-0.4, -0.2) is 40.7 Å². The molecule has 0 radical (unpaired) electrons. The Morgan fingerprint density at radius 3 is 2.48 bits per heavy atom. The molecule has 0 aliphatic carbocycles. The fourth-order valence-corrected chi connectivity index (χ4v) is 3.26. The number of anilines is 1. The molecule has 0 unspecified atom stereocenters. The summed E-state index contributed by atoms with van der Waals surface area (Å²) in [5.74, 6) is 0.348. The van der Waals surface area contributed by atoms with Crippen molar-refractivity contribution >= 4 is 28.3 Å². The van der Waals surface area contributed by atoms with Crippen LogP contribution in [0.5, 0.6) is 5.75 Å². The van der Waals surface area contributed by atoms with Gasteiger partial charge in [0.05, 0.1) is 13.4 Å². The Labute approximate surface area is 160 Å². The van der Waals surface area contributed by atoms with Gasteiger partial charge in [-0.2, -0.15) is 0 Å². The van der Waals surface area contributed by atoms with Crippen molar-refractivity contribution in [1.82, 2.24) is 5.32 Å². The van der Waals surface area contributed by atoms with E-state index in [2.05, 4.69) is 10.6 Å². The highest BCUT2D eigenvalue weighted by Gasteiger charge is 2.15. The molecule has 2 atom stereocenters. The van der Waals surface area contributed by atoms with E-state index in [-0.39, 0.29) is 23.5 Å². The van der Waals surface area contributed by atoms with Gasteiger partial charge in [0.2, 0.25) is 11.8 Å². The van der Waals surface area contributed by atoms with Crippen molar-refractivity contribution in [2.24, 2.45) is 0 Å². The number of nitrogens with one attached hydrogen (secondary N) is 2. The molecule has 2 rings (SSSR count). The molecule has 0 aliphatic rings. The third-order valence-corrected chi connectivity index (χ3v) is 4.94. The quantitative estimate of drug-likeness (QED) is 0.645. The number of amides is 2. The Morgan fingerprint density at radius 2 is 1.85 bits per heavy atom. The van der Waals surface area contributed by atoms with Gasteiger partial charge in [0, 0.05) is 28.9 Å². The maximum atomic E-state index is 12.0. The van der Waals surface area contributed by atoms with Gasteiger partial charge in [-0.05, 0) is 49.7 Å². The lowest BCUT2D eigenvalue weighted by Crippen LogP contribution is -2.37. The van der Waals surface area contributed by atoms with Gasteiger partial charge in [-0.25, -0.2) is 0 Å². The maximum Gasteiger partial charge on any atom is 0.237 e. The summed E-state index contributed by atoms with van der Waals surface area (Å²) in [5, 5.41) is 5.43. The molecule has 8 heteroatoms. The number of carbonyl (C=O) groups excluding carboxylic acids is 2. The zero-order valence-electron chi connectivity index (χ0n) is 15.4. The Hall–Kier alpha value is -2.61. The number of carbonyl (C=O) groups is 2. The van der Waals surface area contributed by atoms with E-state index in [4.69, 9.17) is 9.15 Å². The number of aryl methyl sites for hydroxylation is 1. The minimum atomic E-state index is -1.58. The minimum Gasteiger partial charge on any atom is -0.497 e. The molecule has 1 aromatic heterocycles. The SMILES string of the molecule is COc1ccc(NC(=O)C[S@](=O)CC(=O)N[C@@H](C)CCc2ccco2)cc1. The van der Waals surface area contributed by atoms with E-state index in [1.165, 1.54) is 0 Å². The largest absolute Gasteiger partial charge is 0.497 e. The fourth-order valence-electron chi connectivity index (χ4n) is 2.42. The second kappa shape index (κ2) is 10.5. The standard InChI is InChI=1S/C19H24N2O5S/c1-14(5-8-17-4-3-11-26-17)20-18(22)12-27(24)13-19(23)21-15-6-9-16(25-2)10-7-15/h3-4,6-7,9-11,14H,5,8,12-13H2,1-2H3,(H,20,22)(H,21,23)/t14-,27+/m0/s1. The first-order valence-electron chi connectivity index (χ1n) is 8.57. The number of hydrogen-bond donors (Lipinski definition) is 2. The van der Waals surface area contributed by atoms with Gasteiger partial charge in [0.1, 0.15) is 23.0 Å². The predicted octanol–water partition coefficient (Wildman–Crippen LogP) is 2.11. The van der Waals surface area contributed by atoms with Crippen LogP contribution in [0.4, 0.5) is 5.69 Å². The second-order valence-corrected chi connectivity index (χ2v) is 7.55. The van der Waals surface area contributed by atoms with E-state index < -0.39 is 16.7 Å². The van der Waals surface area contributed by atoms with Crippen molar-refractivity contribution in [3.05, 3.63) is 48.4 Å². The summed E-state index contributed by atoms with van der Waals surface area (Å²) in [6.45, 7) is 1.88. The zero-order chi connectivity index (χ0) is 19.6. The highest BCUT2D eigenvalue weighted by molar-refractivity contribution is 7.86. The third-order valence-electron chi connectivity index (χ3n) is 3.77. The summed E-state index contributed by atoms with van der Waals surface area (Å²) >= 11 is 0. The van der Waals surface area contributed by atoms with Crippen LogP contribution in [0, 0.1) is 0 Å². The van der Waals surface area contributed by atoms with E-state index in [1.807, 2.05) is 19.1 Å². The van der Waals surface area contributed by atoms with E-state index in [0.29, 0.717) is 24.3 Å². The maximum absolute atomic E-state index is 12.0. The van der Waals surface area contributed by atoms with Crippen LogP contribution in [0.1, 0.15) is 19.1 Å². The predicted molar refractivity (Wildman–Crippen MR) is 104 cm³/mol. The highest BCUT2D eigenvalue weighted by Crippen LogP contribution is 2.14. The first-order valence-corrected chi connectivity index (χ1v) is 10.1. The molecule has 2 N–H and O–H groups in total. The van der Waals surface area contributed by atoms with Gasteiger partial charge in [0.15, 0.2) is 0 Å². The number of methoxy groups -OCH3 is 1. The lowest BCUT2D eigenvalue weighted by molar-refractivity contribution is -0.119. The Morgan fingerprint density at radius 1 is 1.15 bits per heavy atom. The van der Waals surface area contributed by atoms with Crippen molar-refractivity contribution in [1.29, 1.82) is 0 Å². The number of furan rings is 1. The molecule has 146 valence electrons. The average molecular weight is 392 g/mol. The van der Waals surface area contributed by atoms with Gasteiger partial charge >= 0.3 is 0 Å². The molecule has 0 bridgehead atoms. The van der Waals surface area contributed by atoms with E-state index in [0.717, 1.165) is 5.76 Å². The molecule has 2 aromatic rings. The molecule has 0 aliphatic heterocycles. The minimum absolute atomic E-state index is 0.0762. The van der Waals surface area contributed by atoms with Crippen LogP contribution in [0.15, 0.2) is 47.1 Å². The first-order chi connectivity index (χ1) is 13.0. The van der Waals surface area contributed by atoms with Crippen LogP contribution in [0.3, 0.4) is 0 Å². The molecule has 1 aromatic carbocycles. The molecule has 1 heterocycles. The summed E-state index contributed by atoms with van der Waals surface area (Å²) in [5.41, 5.74) is 0.578. The van der Waals surface area contributed by atoms with Crippen molar-refractivity contribution in [3.8, 4) is 5.75 Å². The smallest absolute Gasteiger partial charge is 0.237 e. The Balaban J connectivity index is 1.68. The van der Waals surface area contributed by atoms with Crippen molar-refractivity contribution in [3.63, 3.8) is 0 Å². The van der Waals surface area contributed by atoms with Gasteiger partial charge in [-0.3, -0.25) is 13.8 Å². The van der Waals surface area contributed by atoms with Gasteiger partial charge < -0.3 is 19.8 Å². The molecule has 0 fully saturated rings. The molecule has 0 saturated heterocycles. The summed E-state index contributed by atoms with van der Waals surface area (Å²) in [7, 11) is -0.0219. The van der Waals surface area contributed by atoms with E-state index >= 15 is 0 Å². The van der Waals surface area contributed by atoms with Crippen LogP contribution >= 0.6 is 0 Å². The normalized spacial score (nSPS) is 12.8. The monoisotopic (exact) mass is 392 g/mol.